The average Bonchev–Trinajstić information content (AvgIpc) is 2.67. The molecule has 1 aliphatic rings. The van der Waals surface area contributed by atoms with Crippen molar-refractivity contribution in [3.8, 4) is 0 Å². The highest BCUT2D eigenvalue weighted by Gasteiger charge is 2.22. The van der Waals surface area contributed by atoms with Crippen molar-refractivity contribution >= 4 is 11.7 Å². The van der Waals surface area contributed by atoms with Gasteiger partial charge >= 0.3 is 0 Å². The van der Waals surface area contributed by atoms with Crippen molar-refractivity contribution in [2.75, 3.05) is 12.3 Å². The van der Waals surface area contributed by atoms with Gasteiger partial charge in [0.05, 0.1) is 12.2 Å². The third kappa shape index (κ3) is 1.69. The van der Waals surface area contributed by atoms with E-state index in [2.05, 4.69) is 5.10 Å². The first-order valence-electron chi connectivity index (χ1n) is 5.15. The van der Waals surface area contributed by atoms with Crippen molar-refractivity contribution in [1.82, 2.24) is 14.7 Å². The number of rotatable bonds is 2. The Balaban J connectivity index is 2.20. The zero-order chi connectivity index (χ0) is 11.0. The van der Waals surface area contributed by atoms with E-state index in [1.54, 1.807) is 4.68 Å². The Bertz CT molecular complexity index is 396. The summed E-state index contributed by atoms with van der Waals surface area (Å²) in [4.78, 5) is 13.3. The van der Waals surface area contributed by atoms with Crippen molar-refractivity contribution in [2.45, 2.75) is 26.3 Å². The summed E-state index contributed by atoms with van der Waals surface area (Å²) in [7, 11) is 1.82. The molecule has 0 aliphatic carbocycles. The predicted octanol–water partition coefficient (Wildman–Crippen LogP) is 0.433. The molecule has 1 aromatic heterocycles. The van der Waals surface area contributed by atoms with Crippen molar-refractivity contribution in [3.63, 3.8) is 0 Å². The molecule has 2 rings (SSSR count). The molecule has 5 heteroatoms. The topological polar surface area (TPSA) is 64.2 Å². The molecule has 0 atom stereocenters. The van der Waals surface area contributed by atoms with Crippen LogP contribution >= 0.6 is 0 Å². The van der Waals surface area contributed by atoms with Gasteiger partial charge in [0, 0.05) is 25.6 Å². The minimum atomic E-state index is 0.220. The Morgan fingerprint density at radius 3 is 2.73 bits per heavy atom. The minimum absolute atomic E-state index is 0.220. The van der Waals surface area contributed by atoms with Gasteiger partial charge in [-0.2, -0.15) is 5.10 Å². The first kappa shape index (κ1) is 10.0. The lowest BCUT2D eigenvalue weighted by atomic mass is 10.2. The Morgan fingerprint density at radius 1 is 1.53 bits per heavy atom. The Kier molecular flexibility index (Phi) is 2.38. The van der Waals surface area contributed by atoms with Gasteiger partial charge < -0.3 is 10.6 Å². The smallest absolute Gasteiger partial charge is 0.222 e. The van der Waals surface area contributed by atoms with Gasteiger partial charge in [0.2, 0.25) is 5.91 Å². The summed E-state index contributed by atoms with van der Waals surface area (Å²) in [6.45, 7) is 3.36. The molecule has 0 spiro atoms. The summed E-state index contributed by atoms with van der Waals surface area (Å²) in [5.74, 6) is 0.879. The highest BCUT2D eigenvalue weighted by atomic mass is 16.2. The third-order valence-electron chi connectivity index (χ3n) is 2.91. The first-order valence-corrected chi connectivity index (χ1v) is 5.15. The molecule has 2 N–H and O–H groups in total. The maximum Gasteiger partial charge on any atom is 0.222 e. The lowest BCUT2D eigenvalue weighted by molar-refractivity contribution is -0.128. The Morgan fingerprint density at radius 2 is 2.27 bits per heavy atom. The molecule has 5 nitrogen and oxygen atoms in total. The molecule has 0 saturated carbocycles. The van der Waals surface area contributed by atoms with Crippen LogP contribution in [0.15, 0.2) is 0 Å². The summed E-state index contributed by atoms with van der Waals surface area (Å²) in [6.07, 6.45) is 1.62. The van der Waals surface area contributed by atoms with Gasteiger partial charge in [0.15, 0.2) is 0 Å². The van der Waals surface area contributed by atoms with Crippen LogP contribution in [0.4, 0.5) is 5.82 Å². The number of aryl methyl sites for hydroxylation is 2. The molecule has 1 aromatic rings. The monoisotopic (exact) mass is 208 g/mol. The molecule has 1 aliphatic heterocycles. The highest BCUT2D eigenvalue weighted by molar-refractivity contribution is 5.78. The van der Waals surface area contributed by atoms with Crippen LogP contribution in [-0.4, -0.2) is 27.1 Å². The number of carbonyl (C=O) groups is 1. The fourth-order valence-corrected chi connectivity index (χ4v) is 1.98. The van der Waals surface area contributed by atoms with Crippen molar-refractivity contribution < 1.29 is 4.79 Å². The van der Waals surface area contributed by atoms with Crippen molar-refractivity contribution in [3.05, 3.63) is 11.3 Å². The van der Waals surface area contributed by atoms with E-state index in [4.69, 9.17) is 5.73 Å². The molecule has 1 amide bonds. The molecule has 1 fully saturated rings. The fourth-order valence-electron chi connectivity index (χ4n) is 1.98. The maximum atomic E-state index is 11.5. The second kappa shape index (κ2) is 3.56. The molecule has 0 aromatic carbocycles. The van der Waals surface area contributed by atoms with Gasteiger partial charge in [-0.1, -0.05) is 0 Å². The van der Waals surface area contributed by atoms with Crippen LogP contribution in [-0.2, 0) is 18.4 Å². The number of nitrogen functional groups attached to an aromatic ring is 1. The highest BCUT2D eigenvalue weighted by Crippen LogP contribution is 2.20. The average molecular weight is 208 g/mol. The van der Waals surface area contributed by atoms with Crippen LogP contribution in [0.3, 0.4) is 0 Å². The SMILES string of the molecule is Cc1nn(C)c(N)c1CN1CCCC1=O. The number of hydrogen-bond donors (Lipinski definition) is 1. The molecule has 0 bridgehead atoms. The molecule has 0 unspecified atom stereocenters. The van der Waals surface area contributed by atoms with Crippen LogP contribution < -0.4 is 5.73 Å². The zero-order valence-corrected chi connectivity index (χ0v) is 9.16. The lowest BCUT2D eigenvalue weighted by Gasteiger charge is -2.15. The van der Waals surface area contributed by atoms with Gasteiger partial charge in [-0.05, 0) is 13.3 Å². The lowest BCUT2D eigenvalue weighted by Crippen LogP contribution is -2.24. The minimum Gasteiger partial charge on any atom is -0.384 e. The Hall–Kier alpha value is -1.52. The maximum absolute atomic E-state index is 11.5. The normalized spacial score (nSPS) is 16.4. The number of amides is 1. The van der Waals surface area contributed by atoms with Gasteiger partial charge in [-0.3, -0.25) is 9.48 Å². The van der Waals surface area contributed by atoms with E-state index in [0.29, 0.717) is 18.8 Å². The molecule has 0 radical (unpaired) electrons. The predicted molar refractivity (Wildman–Crippen MR) is 57.0 cm³/mol. The summed E-state index contributed by atoms with van der Waals surface area (Å²) < 4.78 is 1.66. The van der Waals surface area contributed by atoms with Crippen LogP contribution in [0.1, 0.15) is 24.1 Å². The number of nitrogens with two attached hydrogens (primary N) is 1. The third-order valence-corrected chi connectivity index (χ3v) is 2.91. The summed E-state index contributed by atoms with van der Waals surface area (Å²) in [6, 6.07) is 0. The van der Waals surface area contributed by atoms with Crippen molar-refractivity contribution in [1.29, 1.82) is 0 Å². The second-order valence-electron chi connectivity index (χ2n) is 3.99. The van der Waals surface area contributed by atoms with E-state index in [-0.39, 0.29) is 5.91 Å². The Labute approximate surface area is 88.8 Å². The number of anilines is 1. The van der Waals surface area contributed by atoms with Crippen LogP contribution in [0.2, 0.25) is 0 Å². The standard InChI is InChI=1S/C10H16N4O/c1-7-8(10(11)13(2)12-7)6-14-5-3-4-9(14)15/h3-6,11H2,1-2H3. The molecular weight excluding hydrogens is 192 g/mol. The number of hydrogen-bond acceptors (Lipinski definition) is 3. The van der Waals surface area contributed by atoms with E-state index in [0.717, 1.165) is 24.2 Å². The fraction of sp³-hybridized carbons (Fsp3) is 0.600. The largest absolute Gasteiger partial charge is 0.384 e. The molecule has 82 valence electrons. The number of aromatic nitrogens is 2. The molecule has 15 heavy (non-hydrogen) atoms. The van der Waals surface area contributed by atoms with E-state index in [9.17, 15) is 4.79 Å². The summed E-state index contributed by atoms with van der Waals surface area (Å²) in [5, 5.41) is 4.23. The molecular formula is C10H16N4O. The molecule has 1 saturated heterocycles. The van der Waals surface area contributed by atoms with E-state index in [1.807, 2.05) is 18.9 Å². The zero-order valence-electron chi connectivity index (χ0n) is 9.16. The van der Waals surface area contributed by atoms with Crippen LogP contribution in [0.5, 0.6) is 0 Å². The summed E-state index contributed by atoms with van der Waals surface area (Å²) in [5.41, 5.74) is 7.78. The van der Waals surface area contributed by atoms with E-state index in [1.165, 1.54) is 0 Å². The molecule has 2 heterocycles. The summed E-state index contributed by atoms with van der Waals surface area (Å²) >= 11 is 0. The number of nitrogens with zero attached hydrogens (tertiary/aromatic N) is 3. The van der Waals surface area contributed by atoms with Crippen molar-refractivity contribution in [2.24, 2.45) is 7.05 Å². The quantitative estimate of drug-likeness (QED) is 0.766. The van der Waals surface area contributed by atoms with Gasteiger partial charge in [-0.15, -0.1) is 0 Å². The van der Waals surface area contributed by atoms with Gasteiger partial charge in [-0.25, -0.2) is 0 Å². The first-order chi connectivity index (χ1) is 7.09. The number of likely N-dealkylation sites (tertiary alicyclic amines) is 1. The van der Waals surface area contributed by atoms with E-state index < -0.39 is 0 Å². The van der Waals surface area contributed by atoms with E-state index >= 15 is 0 Å². The van der Waals surface area contributed by atoms with Gasteiger partial charge in [0.1, 0.15) is 5.82 Å². The number of carbonyl (C=O) groups excluding carboxylic acids is 1. The second-order valence-corrected chi connectivity index (χ2v) is 3.99. The van der Waals surface area contributed by atoms with Crippen LogP contribution in [0.25, 0.3) is 0 Å². The van der Waals surface area contributed by atoms with Gasteiger partial charge in [0.25, 0.3) is 0 Å². The van der Waals surface area contributed by atoms with Crippen LogP contribution in [0, 0.1) is 6.92 Å².